The van der Waals surface area contributed by atoms with Crippen LogP contribution in [0, 0.1) is 11.3 Å². The molecule has 0 radical (unpaired) electrons. The van der Waals surface area contributed by atoms with Crippen molar-refractivity contribution in [1.82, 2.24) is 9.55 Å². The molecule has 3 nitrogen and oxygen atoms in total. The van der Waals surface area contributed by atoms with E-state index in [1.807, 2.05) is 6.07 Å². The minimum absolute atomic E-state index is 0.0460. The van der Waals surface area contributed by atoms with E-state index < -0.39 is 11.7 Å². The summed E-state index contributed by atoms with van der Waals surface area (Å²) in [4.78, 5) is 4.00. The predicted octanol–water partition coefficient (Wildman–Crippen LogP) is 3.02. The van der Waals surface area contributed by atoms with E-state index in [0.717, 1.165) is 6.07 Å². The quantitative estimate of drug-likeness (QED) is 0.856. The van der Waals surface area contributed by atoms with Gasteiger partial charge in [-0.15, -0.1) is 0 Å². The molecule has 0 aliphatic heterocycles. The van der Waals surface area contributed by atoms with E-state index in [9.17, 15) is 13.2 Å². The summed E-state index contributed by atoms with van der Waals surface area (Å²) in [5.74, 6) is 0.443. The zero-order valence-electron chi connectivity index (χ0n) is 9.85. The molecule has 0 saturated carbocycles. The monoisotopic (exact) mass is 265 g/mol. The van der Waals surface area contributed by atoms with E-state index in [1.165, 1.54) is 22.9 Å². The highest BCUT2D eigenvalue weighted by Gasteiger charge is 2.33. The summed E-state index contributed by atoms with van der Waals surface area (Å²) in [6, 6.07) is 7.33. The molecule has 98 valence electrons. The first-order valence-corrected chi connectivity index (χ1v) is 5.54. The van der Waals surface area contributed by atoms with Gasteiger partial charge < -0.3 is 4.57 Å². The van der Waals surface area contributed by atoms with Crippen LogP contribution in [0.5, 0.6) is 0 Å². The summed E-state index contributed by atoms with van der Waals surface area (Å²) in [5.41, 5.74) is -0.512. The van der Waals surface area contributed by atoms with Gasteiger partial charge in [0, 0.05) is 18.8 Å². The van der Waals surface area contributed by atoms with E-state index in [4.69, 9.17) is 5.26 Å². The van der Waals surface area contributed by atoms with Crippen molar-refractivity contribution in [3.8, 4) is 6.07 Å². The van der Waals surface area contributed by atoms with Gasteiger partial charge in [0.1, 0.15) is 12.4 Å². The van der Waals surface area contributed by atoms with E-state index in [0.29, 0.717) is 5.82 Å². The summed E-state index contributed by atoms with van der Waals surface area (Å²) >= 11 is 0. The Morgan fingerprint density at radius 1 is 1.26 bits per heavy atom. The lowest BCUT2D eigenvalue weighted by Gasteiger charge is -2.12. The highest BCUT2D eigenvalue weighted by Crippen LogP contribution is 2.32. The Hall–Kier alpha value is -2.29. The summed E-state index contributed by atoms with van der Waals surface area (Å²) in [6.07, 6.45) is -1.29. The molecule has 1 aromatic carbocycles. The summed E-state index contributed by atoms with van der Waals surface area (Å²) in [5, 5.41) is 8.63. The molecule has 0 aliphatic carbocycles. The molecule has 2 aromatic rings. The van der Waals surface area contributed by atoms with Gasteiger partial charge in [0.25, 0.3) is 0 Å². The Kier molecular flexibility index (Phi) is 3.56. The van der Waals surface area contributed by atoms with Crippen LogP contribution in [0.2, 0.25) is 0 Å². The number of nitrogens with zero attached hydrogens (tertiary/aromatic N) is 3. The lowest BCUT2D eigenvalue weighted by Crippen LogP contribution is -2.11. The average molecular weight is 265 g/mol. The summed E-state index contributed by atoms with van der Waals surface area (Å²) < 4.78 is 40.1. The lowest BCUT2D eigenvalue weighted by molar-refractivity contribution is -0.138. The van der Waals surface area contributed by atoms with Crippen LogP contribution in [-0.4, -0.2) is 9.55 Å². The van der Waals surface area contributed by atoms with Crippen LogP contribution >= 0.6 is 0 Å². The summed E-state index contributed by atoms with van der Waals surface area (Å²) in [6.45, 7) is 0.0729. The van der Waals surface area contributed by atoms with Gasteiger partial charge in [-0.2, -0.15) is 18.4 Å². The normalized spacial score (nSPS) is 11.3. The van der Waals surface area contributed by atoms with Gasteiger partial charge in [-0.3, -0.25) is 0 Å². The van der Waals surface area contributed by atoms with Crippen molar-refractivity contribution in [1.29, 1.82) is 5.26 Å². The Bertz CT molecular complexity index is 608. The average Bonchev–Trinajstić information content (AvgIpc) is 2.77. The number of nitriles is 1. The molecule has 1 heterocycles. The van der Waals surface area contributed by atoms with Crippen molar-refractivity contribution in [3.05, 3.63) is 53.6 Å². The first-order valence-electron chi connectivity index (χ1n) is 5.54. The van der Waals surface area contributed by atoms with Crippen LogP contribution in [0.15, 0.2) is 36.7 Å². The number of benzene rings is 1. The van der Waals surface area contributed by atoms with Crippen molar-refractivity contribution >= 4 is 0 Å². The maximum Gasteiger partial charge on any atom is 0.416 e. The van der Waals surface area contributed by atoms with Gasteiger partial charge in [0.2, 0.25) is 0 Å². The topological polar surface area (TPSA) is 41.6 Å². The SMILES string of the molecule is N#CCn1ccnc1Cc1ccccc1C(F)(F)F. The van der Waals surface area contributed by atoms with Crippen molar-refractivity contribution < 1.29 is 13.2 Å². The molecule has 2 rings (SSSR count). The van der Waals surface area contributed by atoms with E-state index in [2.05, 4.69) is 4.98 Å². The van der Waals surface area contributed by atoms with Gasteiger partial charge in [-0.25, -0.2) is 4.98 Å². The Morgan fingerprint density at radius 3 is 2.68 bits per heavy atom. The molecule has 0 atom stereocenters. The number of rotatable bonds is 3. The zero-order chi connectivity index (χ0) is 13.9. The molecule has 0 amide bonds. The number of imidazole rings is 1. The molecule has 0 N–H and O–H groups in total. The third-order valence-corrected chi connectivity index (χ3v) is 2.71. The van der Waals surface area contributed by atoms with E-state index in [-0.39, 0.29) is 18.5 Å². The fraction of sp³-hybridized carbons (Fsp3) is 0.231. The molecule has 0 bridgehead atoms. The fourth-order valence-corrected chi connectivity index (χ4v) is 1.85. The third-order valence-electron chi connectivity index (χ3n) is 2.71. The number of hydrogen-bond donors (Lipinski definition) is 0. The maximum absolute atomic E-state index is 12.8. The van der Waals surface area contributed by atoms with Crippen LogP contribution in [0.25, 0.3) is 0 Å². The van der Waals surface area contributed by atoms with Gasteiger partial charge >= 0.3 is 6.18 Å². The summed E-state index contributed by atoms with van der Waals surface area (Å²) in [7, 11) is 0. The molecular weight excluding hydrogens is 255 g/mol. The van der Waals surface area contributed by atoms with Crippen molar-refractivity contribution in [2.75, 3.05) is 0 Å². The van der Waals surface area contributed by atoms with E-state index >= 15 is 0 Å². The number of aromatic nitrogens is 2. The van der Waals surface area contributed by atoms with Crippen LogP contribution in [0.3, 0.4) is 0 Å². The molecule has 19 heavy (non-hydrogen) atoms. The number of halogens is 3. The minimum Gasteiger partial charge on any atom is -0.321 e. The molecule has 1 aromatic heterocycles. The zero-order valence-corrected chi connectivity index (χ0v) is 9.85. The standard InChI is InChI=1S/C13H10F3N3/c14-13(15,16)11-4-2-1-3-10(11)9-12-18-6-8-19(12)7-5-17/h1-4,6,8H,7,9H2. The fourth-order valence-electron chi connectivity index (χ4n) is 1.85. The molecule has 6 heteroatoms. The highest BCUT2D eigenvalue weighted by molar-refractivity contribution is 5.32. The highest BCUT2D eigenvalue weighted by atomic mass is 19.4. The molecular formula is C13H10F3N3. The number of alkyl halides is 3. The molecule has 0 fully saturated rings. The second-order valence-corrected chi connectivity index (χ2v) is 3.96. The molecule has 0 aliphatic rings. The van der Waals surface area contributed by atoms with E-state index in [1.54, 1.807) is 12.3 Å². The van der Waals surface area contributed by atoms with Gasteiger partial charge in [0.05, 0.1) is 11.6 Å². The molecule has 0 spiro atoms. The maximum atomic E-state index is 12.8. The second kappa shape index (κ2) is 5.14. The van der Waals surface area contributed by atoms with Gasteiger partial charge in [-0.1, -0.05) is 18.2 Å². The van der Waals surface area contributed by atoms with Gasteiger partial charge in [-0.05, 0) is 11.6 Å². The van der Waals surface area contributed by atoms with Crippen molar-refractivity contribution in [2.45, 2.75) is 19.1 Å². The third kappa shape index (κ3) is 2.94. The first kappa shape index (κ1) is 13.1. The van der Waals surface area contributed by atoms with Gasteiger partial charge in [0.15, 0.2) is 0 Å². The van der Waals surface area contributed by atoms with Crippen molar-refractivity contribution in [2.24, 2.45) is 0 Å². The van der Waals surface area contributed by atoms with Crippen LogP contribution in [0.4, 0.5) is 13.2 Å². The predicted molar refractivity (Wildman–Crippen MR) is 62.1 cm³/mol. The van der Waals surface area contributed by atoms with Crippen LogP contribution in [-0.2, 0) is 19.1 Å². The number of hydrogen-bond acceptors (Lipinski definition) is 2. The second-order valence-electron chi connectivity index (χ2n) is 3.96. The van der Waals surface area contributed by atoms with Crippen molar-refractivity contribution in [3.63, 3.8) is 0 Å². The molecule has 0 saturated heterocycles. The Balaban J connectivity index is 2.34. The largest absolute Gasteiger partial charge is 0.416 e. The van der Waals surface area contributed by atoms with Crippen LogP contribution in [0.1, 0.15) is 17.0 Å². The molecule has 0 unspecified atom stereocenters. The Labute approximate surface area is 107 Å². The minimum atomic E-state index is -4.39. The smallest absolute Gasteiger partial charge is 0.321 e. The Morgan fingerprint density at radius 2 is 2.00 bits per heavy atom. The first-order chi connectivity index (χ1) is 9.02. The lowest BCUT2D eigenvalue weighted by atomic mass is 10.0. The van der Waals surface area contributed by atoms with Crippen LogP contribution < -0.4 is 0 Å².